The highest BCUT2D eigenvalue weighted by molar-refractivity contribution is 8.00. The summed E-state index contributed by atoms with van der Waals surface area (Å²) in [4.78, 5) is 28.0. The molecule has 1 aliphatic heterocycles. The van der Waals surface area contributed by atoms with Crippen LogP contribution in [0.25, 0.3) is 0 Å². The van der Waals surface area contributed by atoms with E-state index in [-0.39, 0.29) is 29.4 Å². The van der Waals surface area contributed by atoms with Crippen molar-refractivity contribution in [2.45, 2.75) is 24.4 Å². The summed E-state index contributed by atoms with van der Waals surface area (Å²) in [5.74, 6) is -0.446. The standard InChI is InChI=1S/C24H20ClFN2O2S/c1-15(16-5-3-2-4-6-16)27-24(30)17-8-10-22-21(11-17)28(23(29)14-31-22)13-18-7-9-19(26)12-20(18)25/h2-12,15H,13-14H2,1H3,(H,27,30)/t15-/m1/s1. The molecule has 3 aromatic carbocycles. The SMILES string of the molecule is C[C@@H](NC(=O)c1ccc2c(c1)N(Cc1ccc(F)cc1Cl)C(=O)CS2)c1ccccc1. The maximum absolute atomic E-state index is 13.4. The summed E-state index contributed by atoms with van der Waals surface area (Å²) in [5, 5.41) is 3.26. The number of rotatable bonds is 5. The second kappa shape index (κ2) is 9.12. The van der Waals surface area contributed by atoms with Gasteiger partial charge in [0.05, 0.1) is 24.0 Å². The minimum absolute atomic E-state index is 0.0897. The number of thioether (sulfide) groups is 1. The van der Waals surface area contributed by atoms with Gasteiger partial charge in [0.2, 0.25) is 5.91 Å². The highest BCUT2D eigenvalue weighted by Crippen LogP contribution is 2.37. The Morgan fingerprint density at radius 2 is 1.94 bits per heavy atom. The Balaban J connectivity index is 1.59. The molecule has 0 aliphatic carbocycles. The molecule has 1 atom stereocenters. The molecule has 1 N–H and O–H groups in total. The van der Waals surface area contributed by atoms with E-state index in [4.69, 9.17) is 11.6 Å². The van der Waals surface area contributed by atoms with E-state index in [1.807, 2.05) is 43.3 Å². The lowest BCUT2D eigenvalue weighted by Crippen LogP contribution is -2.35. The molecular weight excluding hydrogens is 435 g/mol. The third-order valence-corrected chi connectivity index (χ3v) is 6.55. The minimum atomic E-state index is -0.429. The van der Waals surface area contributed by atoms with E-state index >= 15 is 0 Å². The van der Waals surface area contributed by atoms with Crippen LogP contribution in [0.2, 0.25) is 5.02 Å². The molecule has 0 unspecified atom stereocenters. The number of carbonyl (C=O) groups is 2. The van der Waals surface area contributed by atoms with Crippen LogP contribution in [0.15, 0.2) is 71.6 Å². The molecular formula is C24H20ClFN2O2S. The fourth-order valence-electron chi connectivity index (χ4n) is 3.44. The summed E-state index contributed by atoms with van der Waals surface area (Å²) in [6.45, 7) is 2.13. The Labute approximate surface area is 189 Å². The topological polar surface area (TPSA) is 49.4 Å². The van der Waals surface area contributed by atoms with Gasteiger partial charge in [-0.2, -0.15) is 0 Å². The Morgan fingerprint density at radius 1 is 1.16 bits per heavy atom. The van der Waals surface area contributed by atoms with Crippen LogP contribution in [0.4, 0.5) is 10.1 Å². The third-order valence-electron chi connectivity index (χ3n) is 5.15. The van der Waals surface area contributed by atoms with Gasteiger partial charge < -0.3 is 10.2 Å². The zero-order valence-corrected chi connectivity index (χ0v) is 18.3. The summed E-state index contributed by atoms with van der Waals surface area (Å²) in [6.07, 6.45) is 0. The van der Waals surface area contributed by atoms with Crippen molar-refractivity contribution in [1.29, 1.82) is 0 Å². The molecule has 4 rings (SSSR count). The van der Waals surface area contributed by atoms with Gasteiger partial charge in [0, 0.05) is 15.5 Å². The first-order chi connectivity index (χ1) is 14.9. The number of benzene rings is 3. The fraction of sp³-hybridized carbons (Fsp3) is 0.167. The van der Waals surface area contributed by atoms with E-state index in [2.05, 4.69) is 5.32 Å². The quantitative estimate of drug-likeness (QED) is 0.545. The highest BCUT2D eigenvalue weighted by atomic mass is 35.5. The number of amides is 2. The maximum atomic E-state index is 13.4. The number of carbonyl (C=O) groups excluding carboxylic acids is 2. The largest absolute Gasteiger partial charge is 0.346 e. The molecule has 0 saturated heterocycles. The first-order valence-corrected chi connectivity index (χ1v) is 11.2. The van der Waals surface area contributed by atoms with Crippen LogP contribution >= 0.6 is 23.4 Å². The molecule has 3 aromatic rings. The third kappa shape index (κ3) is 4.75. The van der Waals surface area contributed by atoms with E-state index in [0.29, 0.717) is 22.6 Å². The van der Waals surface area contributed by atoms with Gasteiger partial charge in [0.25, 0.3) is 5.91 Å². The van der Waals surface area contributed by atoms with Gasteiger partial charge >= 0.3 is 0 Å². The predicted octanol–water partition coefficient (Wildman–Crippen LogP) is 5.61. The second-order valence-electron chi connectivity index (χ2n) is 7.29. The van der Waals surface area contributed by atoms with Crippen LogP contribution in [-0.2, 0) is 11.3 Å². The van der Waals surface area contributed by atoms with Crippen LogP contribution in [0.1, 0.15) is 34.5 Å². The van der Waals surface area contributed by atoms with Crippen molar-refractivity contribution in [2.75, 3.05) is 10.7 Å². The molecule has 0 fully saturated rings. The van der Waals surface area contributed by atoms with Crippen LogP contribution in [0.3, 0.4) is 0 Å². The van der Waals surface area contributed by atoms with Crippen molar-refractivity contribution in [3.8, 4) is 0 Å². The summed E-state index contributed by atoms with van der Waals surface area (Å²) in [5.41, 5.74) is 2.77. The molecule has 2 amide bonds. The van der Waals surface area contributed by atoms with Crippen molar-refractivity contribution in [1.82, 2.24) is 5.32 Å². The van der Waals surface area contributed by atoms with Crippen LogP contribution in [0.5, 0.6) is 0 Å². The average molecular weight is 455 g/mol. The maximum Gasteiger partial charge on any atom is 0.251 e. The molecule has 31 heavy (non-hydrogen) atoms. The zero-order chi connectivity index (χ0) is 22.0. The number of fused-ring (bicyclic) bond motifs is 1. The van der Waals surface area contributed by atoms with E-state index in [1.54, 1.807) is 23.1 Å². The van der Waals surface area contributed by atoms with Crippen molar-refractivity contribution < 1.29 is 14.0 Å². The molecule has 0 spiro atoms. The smallest absolute Gasteiger partial charge is 0.251 e. The van der Waals surface area contributed by atoms with Gasteiger partial charge in [0.15, 0.2) is 0 Å². The van der Waals surface area contributed by atoms with E-state index in [9.17, 15) is 14.0 Å². The molecule has 1 heterocycles. The zero-order valence-electron chi connectivity index (χ0n) is 16.8. The number of nitrogens with one attached hydrogen (secondary N) is 1. The molecule has 0 bridgehead atoms. The van der Waals surface area contributed by atoms with Gasteiger partial charge in [0.1, 0.15) is 5.82 Å². The predicted molar refractivity (Wildman–Crippen MR) is 122 cm³/mol. The Hall–Kier alpha value is -2.83. The minimum Gasteiger partial charge on any atom is -0.346 e. The van der Waals surface area contributed by atoms with Crippen LogP contribution < -0.4 is 10.2 Å². The first kappa shape index (κ1) is 21.4. The molecule has 0 saturated carbocycles. The van der Waals surface area contributed by atoms with Gasteiger partial charge in [-0.3, -0.25) is 9.59 Å². The Kier molecular flexibility index (Phi) is 6.30. The molecule has 1 aliphatic rings. The number of hydrogen-bond acceptors (Lipinski definition) is 3. The van der Waals surface area contributed by atoms with E-state index < -0.39 is 5.82 Å². The molecule has 0 aromatic heterocycles. The van der Waals surface area contributed by atoms with Gasteiger partial charge in [-0.1, -0.05) is 48.0 Å². The van der Waals surface area contributed by atoms with Gasteiger partial charge in [-0.15, -0.1) is 11.8 Å². The lowest BCUT2D eigenvalue weighted by Gasteiger charge is -2.30. The summed E-state index contributed by atoms with van der Waals surface area (Å²) < 4.78 is 13.4. The molecule has 7 heteroatoms. The van der Waals surface area contributed by atoms with E-state index in [1.165, 1.54) is 23.9 Å². The monoisotopic (exact) mass is 454 g/mol. The van der Waals surface area contributed by atoms with Crippen LogP contribution in [-0.4, -0.2) is 17.6 Å². The molecule has 4 nitrogen and oxygen atoms in total. The van der Waals surface area contributed by atoms with E-state index in [0.717, 1.165) is 10.5 Å². The summed E-state index contributed by atoms with van der Waals surface area (Å²) in [6, 6.07) is 19.0. The number of halogens is 2. The Bertz CT molecular complexity index is 1140. The normalized spacial score (nSPS) is 14.2. The average Bonchev–Trinajstić information content (AvgIpc) is 2.77. The highest BCUT2D eigenvalue weighted by Gasteiger charge is 2.27. The number of nitrogens with zero attached hydrogens (tertiary/aromatic N) is 1. The number of anilines is 1. The van der Waals surface area contributed by atoms with Gasteiger partial charge in [-0.25, -0.2) is 4.39 Å². The molecule has 0 radical (unpaired) electrons. The van der Waals surface area contributed by atoms with Gasteiger partial charge in [-0.05, 0) is 48.4 Å². The fourth-order valence-corrected chi connectivity index (χ4v) is 4.59. The second-order valence-corrected chi connectivity index (χ2v) is 8.72. The van der Waals surface area contributed by atoms with Crippen molar-refractivity contribution in [3.05, 3.63) is 94.3 Å². The lowest BCUT2D eigenvalue weighted by molar-refractivity contribution is -0.116. The molecule has 158 valence electrons. The van der Waals surface area contributed by atoms with Crippen LogP contribution in [0, 0.1) is 5.82 Å². The summed E-state index contributed by atoms with van der Waals surface area (Å²) in [7, 11) is 0. The van der Waals surface area contributed by atoms with Crippen molar-refractivity contribution in [2.24, 2.45) is 0 Å². The number of hydrogen-bond donors (Lipinski definition) is 1. The Morgan fingerprint density at radius 3 is 2.68 bits per heavy atom. The first-order valence-electron chi connectivity index (χ1n) is 9.79. The lowest BCUT2D eigenvalue weighted by atomic mass is 10.1. The van der Waals surface area contributed by atoms with Crippen molar-refractivity contribution >= 4 is 40.9 Å². The van der Waals surface area contributed by atoms with Crippen molar-refractivity contribution in [3.63, 3.8) is 0 Å². The summed E-state index contributed by atoms with van der Waals surface area (Å²) >= 11 is 7.61.